The molecule has 0 aromatic rings. The van der Waals surface area contributed by atoms with E-state index < -0.39 is 18.0 Å². The van der Waals surface area contributed by atoms with E-state index in [0.717, 1.165) is 6.92 Å². The van der Waals surface area contributed by atoms with Gasteiger partial charge in [-0.2, -0.15) is 0 Å². The van der Waals surface area contributed by atoms with E-state index >= 15 is 0 Å². The van der Waals surface area contributed by atoms with Crippen molar-refractivity contribution in [1.82, 2.24) is 0 Å². The van der Waals surface area contributed by atoms with Crippen molar-refractivity contribution in [2.24, 2.45) is 0 Å². The number of carboxylic acids is 1. The van der Waals surface area contributed by atoms with Gasteiger partial charge >= 0.3 is 35.5 Å². The van der Waals surface area contributed by atoms with E-state index in [2.05, 4.69) is 4.74 Å². The van der Waals surface area contributed by atoms with Crippen LogP contribution in [0.4, 0.5) is 0 Å². The quantitative estimate of drug-likeness (QED) is 0.298. The summed E-state index contributed by atoms with van der Waals surface area (Å²) in [7, 11) is 0. The van der Waals surface area contributed by atoms with Gasteiger partial charge in [0.15, 0.2) is 0 Å². The first kappa shape index (κ1) is 12.6. The maximum Gasteiger partial charge on any atom is 1.00 e. The third-order valence-corrected chi connectivity index (χ3v) is 0.675. The summed E-state index contributed by atoms with van der Waals surface area (Å²) in [6.07, 6.45) is -1.15. The molecule has 0 saturated heterocycles. The summed E-state index contributed by atoms with van der Waals surface area (Å²) in [5, 5.41) is 9.85. The molecule has 0 N–H and O–H groups in total. The van der Waals surface area contributed by atoms with Crippen molar-refractivity contribution < 1.29 is 49.0 Å². The Morgan fingerprint density at radius 1 is 1.50 bits per heavy atom. The van der Waals surface area contributed by atoms with E-state index in [4.69, 9.17) is 0 Å². The Morgan fingerprint density at radius 3 is 2.00 bits per heavy atom. The largest absolute Gasteiger partial charge is 1.00 e. The van der Waals surface area contributed by atoms with Gasteiger partial charge in [0.05, 0.1) is 5.97 Å². The van der Waals surface area contributed by atoms with Gasteiger partial charge in [-0.3, -0.25) is 4.79 Å². The number of esters is 1. The van der Waals surface area contributed by atoms with Crippen molar-refractivity contribution in [2.75, 3.05) is 0 Å². The van der Waals surface area contributed by atoms with Crippen LogP contribution in [-0.2, 0) is 14.3 Å². The van der Waals surface area contributed by atoms with Crippen LogP contribution in [0, 0.1) is 0 Å². The van der Waals surface area contributed by atoms with E-state index in [9.17, 15) is 14.7 Å². The fourth-order valence-corrected chi connectivity index (χ4v) is 0.297. The van der Waals surface area contributed by atoms with Gasteiger partial charge in [-0.25, -0.2) is 0 Å². The second-order valence-corrected chi connectivity index (χ2v) is 1.57. The molecule has 0 radical (unpaired) electrons. The Hall–Kier alpha value is -0.0600. The fourth-order valence-electron chi connectivity index (χ4n) is 0.297. The molecule has 4 nitrogen and oxygen atoms in total. The zero-order valence-electron chi connectivity index (χ0n) is 6.21. The first-order valence-corrected chi connectivity index (χ1v) is 2.42. The average Bonchev–Trinajstić information content (AvgIpc) is 1.63. The summed E-state index contributed by atoms with van der Waals surface area (Å²) < 4.78 is 4.21. The minimum atomic E-state index is -1.38. The number of carbonyl (C=O) groups excluding carboxylic acids is 2. The maximum absolute atomic E-state index is 10.0. The molecule has 52 valence electrons. The minimum Gasteiger partial charge on any atom is -0.546 e. The molecular weight excluding hydrogens is 147 g/mol. The summed E-state index contributed by atoms with van der Waals surface area (Å²) >= 11 is 0. The molecule has 0 aromatic carbocycles. The third-order valence-electron chi connectivity index (χ3n) is 0.675. The van der Waals surface area contributed by atoms with Crippen LogP contribution in [0.15, 0.2) is 0 Å². The molecule has 0 amide bonds. The Morgan fingerprint density at radius 2 is 1.90 bits per heavy atom. The zero-order valence-corrected chi connectivity index (χ0v) is 8.21. The molecule has 0 aliphatic carbocycles. The van der Waals surface area contributed by atoms with Gasteiger partial charge in [0.25, 0.3) is 0 Å². The Bertz CT molecular complexity index is 134. The number of hydrogen-bond donors (Lipinski definition) is 0. The normalized spacial score (nSPS) is 11.0. The maximum atomic E-state index is 10.0. The van der Waals surface area contributed by atoms with Crippen molar-refractivity contribution in [3.05, 3.63) is 0 Å². The Kier molecular flexibility index (Phi) is 7.19. The zero-order chi connectivity index (χ0) is 7.44. The van der Waals surface area contributed by atoms with E-state index in [-0.39, 0.29) is 29.6 Å². The molecule has 0 unspecified atom stereocenters. The molecule has 5 heteroatoms. The van der Waals surface area contributed by atoms with Gasteiger partial charge in [0.2, 0.25) is 0 Å². The number of ether oxygens (including phenoxy) is 1. The number of hydrogen-bond acceptors (Lipinski definition) is 4. The van der Waals surface area contributed by atoms with E-state index in [1.165, 1.54) is 6.92 Å². The van der Waals surface area contributed by atoms with Gasteiger partial charge in [0, 0.05) is 6.92 Å². The van der Waals surface area contributed by atoms with E-state index in [1.807, 2.05) is 0 Å². The molecule has 0 aromatic heterocycles. The Labute approximate surface area is 80.8 Å². The predicted molar refractivity (Wildman–Crippen MR) is 26.2 cm³/mol. The van der Waals surface area contributed by atoms with Crippen molar-refractivity contribution >= 4 is 11.9 Å². The molecule has 0 aliphatic heterocycles. The standard InChI is InChI=1S/C5H8O4.Na/c1-3(5(7)8)9-4(2)6;/h3H,1-2H3,(H,7,8);/q;+1/p-1/t3-;/m0./s1. The SMILES string of the molecule is CC(=O)O[C@@H](C)C(=O)[O-].[Na+]. The second kappa shape index (κ2) is 5.70. The summed E-state index contributed by atoms with van der Waals surface area (Å²) in [4.78, 5) is 19.9. The van der Waals surface area contributed by atoms with Crippen LogP contribution in [-0.4, -0.2) is 18.0 Å². The van der Waals surface area contributed by atoms with Gasteiger partial charge in [-0.15, -0.1) is 0 Å². The van der Waals surface area contributed by atoms with Crippen molar-refractivity contribution in [3.63, 3.8) is 0 Å². The van der Waals surface area contributed by atoms with Crippen molar-refractivity contribution in [1.29, 1.82) is 0 Å². The third kappa shape index (κ3) is 6.07. The number of rotatable bonds is 2. The minimum absolute atomic E-state index is 0. The van der Waals surface area contributed by atoms with Crippen molar-refractivity contribution in [3.8, 4) is 0 Å². The van der Waals surface area contributed by atoms with Gasteiger partial charge in [0.1, 0.15) is 6.10 Å². The van der Waals surface area contributed by atoms with Gasteiger partial charge < -0.3 is 14.6 Å². The van der Waals surface area contributed by atoms with Crippen LogP contribution in [0.5, 0.6) is 0 Å². The van der Waals surface area contributed by atoms with E-state index in [1.54, 1.807) is 0 Å². The molecule has 10 heavy (non-hydrogen) atoms. The Balaban J connectivity index is 0. The number of aliphatic carboxylic acids is 1. The molecule has 0 heterocycles. The molecule has 0 saturated carbocycles. The van der Waals surface area contributed by atoms with Crippen LogP contribution in [0.3, 0.4) is 0 Å². The number of carboxylic acid groups (broad SMARTS) is 1. The smallest absolute Gasteiger partial charge is 0.546 e. The molecule has 0 aliphatic rings. The van der Waals surface area contributed by atoms with Crippen LogP contribution in [0.1, 0.15) is 13.8 Å². The predicted octanol–water partition coefficient (Wildman–Crippen LogP) is -4.31. The van der Waals surface area contributed by atoms with Crippen LogP contribution < -0.4 is 34.7 Å². The summed E-state index contributed by atoms with van der Waals surface area (Å²) in [6.45, 7) is 2.37. The first-order valence-electron chi connectivity index (χ1n) is 2.42. The molecule has 0 bridgehead atoms. The average molecular weight is 154 g/mol. The van der Waals surface area contributed by atoms with Crippen LogP contribution >= 0.6 is 0 Å². The molecule has 0 fully saturated rings. The first-order chi connectivity index (χ1) is 4.04. The number of carbonyl (C=O) groups is 2. The topological polar surface area (TPSA) is 66.4 Å². The van der Waals surface area contributed by atoms with Gasteiger partial charge in [-0.1, -0.05) is 0 Å². The van der Waals surface area contributed by atoms with E-state index in [0.29, 0.717) is 0 Å². The summed E-state index contributed by atoms with van der Waals surface area (Å²) in [5.41, 5.74) is 0. The summed E-state index contributed by atoms with van der Waals surface area (Å²) in [6, 6.07) is 0. The van der Waals surface area contributed by atoms with Crippen LogP contribution in [0.2, 0.25) is 0 Å². The fraction of sp³-hybridized carbons (Fsp3) is 0.600. The molecule has 0 spiro atoms. The molecule has 0 rings (SSSR count). The molecular formula is C5H7NaO4. The van der Waals surface area contributed by atoms with Crippen molar-refractivity contribution in [2.45, 2.75) is 20.0 Å². The second-order valence-electron chi connectivity index (χ2n) is 1.57. The van der Waals surface area contributed by atoms with Crippen LogP contribution in [0.25, 0.3) is 0 Å². The van der Waals surface area contributed by atoms with Gasteiger partial charge in [-0.05, 0) is 6.92 Å². The monoisotopic (exact) mass is 154 g/mol. The summed E-state index contributed by atoms with van der Waals surface area (Å²) in [5.74, 6) is -2.00. The molecule has 1 atom stereocenters.